The van der Waals surface area contributed by atoms with E-state index in [1.165, 1.54) is 12.8 Å². The van der Waals surface area contributed by atoms with Gasteiger partial charge in [0, 0.05) is 57.3 Å². The maximum Gasteiger partial charge on any atom is 0.227 e. The van der Waals surface area contributed by atoms with Crippen molar-refractivity contribution in [3.63, 3.8) is 0 Å². The van der Waals surface area contributed by atoms with Gasteiger partial charge in [-0.25, -0.2) is 9.97 Å². The Bertz CT molecular complexity index is 771. The molecule has 2 saturated heterocycles. The standard InChI is InChI=1S/C18H21N7/c19-14-15-13-16(3-5-20-15)23-9-11-25(12-10-23)18-21-6-4-17(22-18)24-7-1-2-8-24/h3-6,13H,1-2,7-12H2. The van der Waals surface area contributed by atoms with Crippen LogP contribution in [0.3, 0.4) is 0 Å². The van der Waals surface area contributed by atoms with Crippen LogP contribution in [0.25, 0.3) is 0 Å². The summed E-state index contributed by atoms with van der Waals surface area (Å²) in [6, 6.07) is 7.91. The SMILES string of the molecule is N#Cc1cc(N2CCN(c3nccc(N4CCCC4)n3)CC2)ccn1. The molecule has 0 amide bonds. The molecule has 7 nitrogen and oxygen atoms in total. The number of pyridine rings is 1. The van der Waals surface area contributed by atoms with Crippen molar-refractivity contribution in [2.24, 2.45) is 0 Å². The monoisotopic (exact) mass is 335 g/mol. The van der Waals surface area contributed by atoms with Crippen molar-refractivity contribution in [1.29, 1.82) is 5.26 Å². The lowest BCUT2D eigenvalue weighted by Gasteiger charge is -2.36. The fourth-order valence-corrected chi connectivity index (χ4v) is 3.46. The van der Waals surface area contributed by atoms with Crippen LogP contribution >= 0.6 is 0 Å². The van der Waals surface area contributed by atoms with Crippen LogP contribution in [0.1, 0.15) is 18.5 Å². The molecule has 2 aliphatic rings. The normalized spacial score (nSPS) is 17.6. The van der Waals surface area contributed by atoms with E-state index < -0.39 is 0 Å². The molecule has 2 aliphatic heterocycles. The van der Waals surface area contributed by atoms with Crippen LogP contribution in [-0.4, -0.2) is 54.2 Å². The summed E-state index contributed by atoms with van der Waals surface area (Å²) >= 11 is 0. The molecule has 0 bridgehead atoms. The third-order valence-electron chi connectivity index (χ3n) is 4.84. The predicted molar refractivity (Wildman–Crippen MR) is 96.9 cm³/mol. The Hall–Kier alpha value is -2.88. The maximum absolute atomic E-state index is 9.01. The van der Waals surface area contributed by atoms with Crippen LogP contribution in [-0.2, 0) is 0 Å². The number of anilines is 3. The van der Waals surface area contributed by atoms with Crippen LogP contribution in [0.15, 0.2) is 30.6 Å². The molecule has 4 rings (SSSR count). The summed E-state index contributed by atoms with van der Waals surface area (Å²) in [5.41, 5.74) is 1.51. The Balaban J connectivity index is 1.43. The Morgan fingerprint density at radius 1 is 0.840 bits per heavy atom. The number of hydrogen-bond donors (Lipinski definition) is 0. The van der Waals surface area contributed by atoms with Crippen LogP contribution in [0.2, 0.25) is 0 Å². The van der Waals surface area contributed by atoms with Gasteiger partial charge in [0.1, 0.15) is 17.6 Å². The molecule has 0 aliphatic carbocycles. The van der Waals surface area contributed by atoms with E-state index in [1.807, 2.05) is 24.4 Å². The van der Waals surface area contributed by atoms with Crippen molar-refractivity contribution in [3.8, 4) is 6.07 Å². The summed E-state index contributed by atoms with van der Waals surface area (Å²) < 4.78 is 0. The third-order valence-corrected chi connectivity index (χ3v) is 4.84. The number of aromatic nitrogens is 3. The molecule has 2 fully saturated rings. The third kappa shape index (κ3) is 3.33. The van der Waals surface area contributed by atoms with Crippen LogP contribution in [0.4, 0.5) is 17.5 Å². The van der Waals surface area contributed by atoms with Gasteiger partial charge in [0.15, 0.2) is 0 Å². The quantitative estimate of drug-likeness (QED) is 0.845. The van der Waals surface area contributed by atoms with E-state index in [0.29, 0.717) is 5.69 Å². The smallest absolute Gasteiger partial charge is 0.227 e. The zero-order valence-electron chi connectivity index (χ0n) is 14.2. The van der Waals surface area contributed by atoms with E-state index in [9.17, 15) is 0 Å². The zero-order valence-corrected chi connectivity index (χ0v) is 14.2. The summed E-state index contributed by atoms with van der Waals surface area (Å²) in [7, 11) is 0. The average Bonchev–Trinajstić information content (AvgIpc) is 3.23. The fourth-order valence-electron chi connectivity index (χ4n) is 3.46. The van der Waals surface area contributed by atoms with Crippen molar-refractivity contribution in [2.45, 2.75) is 12.8 Å². The summed E-state index contributed by atoms with van der Waals surface area (Å²) in [6.07, 6.45) is 6.05. The Kier molecular flexibility index (Phi) is 4.34. The summed E-state index contributed by atoms with van der Waals surface area (Å²) in [6.45, 7) is 5.68. The van der Waals surface area contributed by atoms with Gasteiger partial charge >= 0.3 is 0 Å². The lowest BCUT2D eigenvalue weighted by Crippen LogP contribution is -2.47. The van der Waals surface area contributed by atoms with E-state index in [0.717, 1.165) is 56.7 Å². The number of nitrogens with zero attached hydrogens (tertiary/aromatic N) is 7. The van der Waals surface area contributed by atoms with Gasteiger partial charge in [-0.3, -0.25) is 0 Å². The lowest BCUT2D eigenvalue weighted by atomic mass is 10.2. The van der Waals surface area contributed by atoms with Crippen molar-refractivity contribution in [3.05, 3.63) is 36.3 Å². The first-order valence-corrected chi connectivity index (χ1v) is 8.77. The molecule has 128 valence electrons. The minimum atomic E-state index is 0.460. The molecule has 0 N–H and O–H groups in total. The second kappa shape index (κ2) is 6.93. The van der Waals surface area contributed by atoms with Gasteiger partial charge in [-0.1, -0.05) is 0 Å². The highest BCUT2D eigenvalue weighted by atomic mass is 15.3. The zero-order chi connectivity index (χ0) is 17.1. The number of hydrogen-bond acceptors (Lipinski definition) is 7. The first kappa shape index (κ1) is 15.6. The topological polar surface area (TPSA) is 72.2 Å². The van der Waals surface area contributed by atoms with Gasteiger partial charge in [0.2, 0.25) is 5.95 Å². The van der Waals surface area contributed by atoms with E-state index in [1.54, 1.807) is 6.20 Å². The van der Waals surface area contributed by atoms with Crippen molar-refractivity contribution < 1.29 is 0 Å². The highest BCUT2D eigenvalue weighted by Gasteiger charge is 2.21. The van der Waals surface area contributed by atoms with Gasteiger partial charge in [-0.05, 0) is 31.0 Å². The Morgan fingerprint density at radius 3 is 2.32 bits per heavy atom. The first-order chi connectivity index (χ1) is 12.3. The van der Waals surface area contributed by atoms with E-state index >= 15 is 0 Å². The second-order valence-electron chi connectivity index (χ2n) is 6.39. The molecule has 2 aromatic heterocycles. The highest BCUT2D eigenvalue weighted by molar-refractivity contribution is 5.51. The highest BCUT2D eigenvalue weighted by Crippen LogP contribution is 2.22. The lowest BCUT2D eigenvalue weighted by molar-refractivity contribution is 0.639. The van der Waals surface area contributed by atoms with Crippen LogP contribution < -0.4 is 14.7 Å². The predicted octanol–water partition coefficient (Wildman–Crippen LogP) is 1.67. The van der Waals surface area contributed by atoms with Crippen molar-refractivity contribution in [1.82, 2.24) is 15.0 Å². The van der Waals surface area contributed by atoms with Crippen molar-refractivity contribution >= 4 is 17.5 Å². The Labute approximate surface area is 147 Å². The molecule has 7 heteroatoms. The Morgan fingerprint density at radius 2 is 1.56 bits per heavy atom. The second-order valence-corrected chi connectivity index (χ2v) is 6.39. The van der Waals surface area contributed by atoms with Gasteiger partial charge in [-0.15, -0.1) is 0 Å². The molecule has 0 unspecified atom stereocenters. The molecule has 2 aromatic rings. The van der Waals surface area contributed by atoms with Crippen LogP contribution in [0.5, 0.6) is 0 Å². The summed E-state index contributed by atoms with van der Waals surface area (Å²) in [5.74, 6) is 1.86. The fraction of sp³-hybridized carbons (Fsp3) is 0.444. The van der Waals surface area contributed by atoms with Crippen LogP contribution in [0, 0.1) is 11.3 Å². The largest absolute Gasteiger partial charge is 0.368 e. The molecule has 4 heterocycles. The molecule has 0 radical (unpaired) electrons. The van der Waals surface area contributed by atoms with E-state index in [4.69, 9.17) is 10.2 Å². The molecular weight excluding hydrogens is 314 g/mol. The van der Waals surface area contributed by atoms with Gasteiger partial charge in [-0.2, -0.15) is 10.2 Å². The number of nitriles is 1. The number of rotatable bonds is 3. The van der Waals surface area contributed by atoms with Crippen molar-refractivity contribution in [2.75, 3.05) is 54.0 Å². The molecule has 0 atom stereocenters. The summed E-state index contributed by atoms with van der Waals surface area (Å²) in [5, 5.41) is 9.01. The molecule has 0 aromatic carbocycles. The van der Waals surface area contributed by atoms with Gasteiger partial charge in [0.25, 0.3) is 0 Å². The molecule has 0 spiro atoms. The van der Waals surface area contributed by atoms with Gasteiger partial charge < -0.3 is 14.7 Å². The average molecular weight is 335 g/mol. The molecular formula is C18H21N7. The first-order valence-electron chi connectivity index (χ1n) is 8.77. The summed E-state index contributed by atoms with van der Waals surface area (Å²) in [4.78, 5) is 20.1. The van der Waals surface area contributed by atoms with Gasteiger partial charge in [0.05, 0.1) is 0 Å². The van der Waals surface area contributed by atoms with E-state index in [-0.39, 0.29) is 0 Å². The maximum atomic E-state index is 9.01. The molecule has 25 heavy (non-hydrogen) atoms. The minimum absolute atomic E-state index is 0.460. The molecule has 0 saturated carbocycles. The van der Waals surface area contributed by atoms with E-state index in [2.05, 4.69) is 30.7 Å². The minimum Gasteiger partial charge on any atom is -0.368 e. The number of piperazine rings is 1.